The zero-order valence-electron chi connectivity index (χ0n) is 75.8. The van der Waals surface area contributed by atoms with Crippen molar-refractivity contribution in [3.05, 3.63) is 359 Å². The van der Waals surface area contributed by atoms with Crippen LogP contribution in [0.2, 0.25) is 0 Å². The van der Waals surface area contributed by atoms with Gasteiger partial charge in [-0.3, -0.25) is 32.5 Å². The van der Waals surface area contributed by atoms with E-state index < -0.39 is 0 Å². The molecule has 0 aliphatic rings. The number of benzene rings is 12. The van der Waals surface area contributed by atoms with Gasteiger partial charge in [0.05, 0.1) is 34.1 Å². The van der Waals surface area contributed by atoms with E-state index >= 15 is 0 Å². The predicted molar refractivity (Wildman–Crippen MR) is 558 cm³/mol. The molecule has 0 radical (unpaired) electrons. The van der Waals surface area contributed by atoms with Crippen molar-refractivity contribution in [1.82, 2.24) is 29.9 Å². The fourth-order valence-electron chi connectivity index (χ4n) is 13.5. The minimum atomic E-state index is 0.00259. The summed E-state index contributed by atoms with van der Waals surface area (Å²) in [7, 11) is 0. The summed E-state index contributed by atoms with van der Waals surface area (Å²) in [5.41, 5.74) is 85.6. The molecule has 30 N–H and O–H groups in total. The first kappa shape index (κ1) is 96.4. The van der Waals surface area contributed by atoms with Gasteiger partial charge in [0.25, 0.3) is 0 Å². The van der Waals surface area contributed by atoms with Crippen LogP contribution >= 0.6 is 0 Å². The minimum Gasteiger partial charge on any atom is -0.384 e. The first-order valence-electron chi connectivity index (χ1n) is 42.4. The van der Waals surface area contributed by atoms with Crippen LogP contribution in [-0.4, -0.2) is 64.9 Å². The Hall–Kier alpha value is -20.1. The standard InChI is InChI=1S/C18H14N6.5C17H16N6/c1-2-11-3-4-13-10-22-18(21)16(15(13)9-11)24-23-14-7-5-12(6-8-14)17(19)20;5*1-10-2-3-12-9-21-17(20)15(14(12)8-10)23-22-13-6-4-11(5-7-13)16(18)19/h1,3-10H,(H3,19,20)(H2,21,22);5*2-9H,1H3,(H3,18,19)(H2,20,21). The number of aryl methyl sites for hydroxylation is 5. The second kappa shape index (κ2) is 44.2. The average Bonchev–Trinajstić information content (AvgIpc) is 0.846. The second-order valence-corrected chi connectivity index (χ2v) is 31.3. The molecule has 36 nitrogen and oxygen atoms in total. The van der Waals surface area contributed by atoms with Crippen LogP contribution in [0.3, 0.4) is 0 Å². The van der Waals surface area contributed by atoms with Gasteiger partial charge >= 0.3 is 0 Å². The van der Waals surface area contributed by atoms with Gasteiger partial charge in [0, 0.05) is 141 Å². The van der Waals surface area contributed by atoms with Crippen LogP contribution in [0.1, 0.15) is 66.8 Å². The SMILES string of the molecule is C#Cc1ccc2cnc(N)c(N=Nc3ccc(C(=N)N)cc3)c2c1.Cc1ccc2cnc(N)c(N=Nc3ccc(C(=N)N)cc3)c2c1.Cc1ccc2cnc(N)c(N=Nc3ccc(C(=N)N)cc3)c2c1.Cc1ccc2cnc(N)c(N=Nc3ccc(C(=N)N)cc3)c2c1.Cc1ccc2cnc(N)c(N=Nc3ccc(C(=N)N)cc3)c2c1.Cc1ccc2cnc(N)c(N=Nc3ccc(C(=N)N)cc3)c2c1. The molecule has 12 aromatic carbocycles. The highest BCUT2D eigenvalue weighted by atomic mass is 15.2. The van der Waals surface area contributed by atoms with Crippen molar-refractivity contribution in [3.63, 3.8) is 0 Å². The average molecular weight is 1840 g/mol. The number of nitrogens with one attached hydrogen (secondary N) is 6. The summed E-state index contributed by atoms with van der Waals surface area (Å²) in [5.74, 6) is 4.67. The Balaban J connectivity index is 0.000000141. The summed E-state index contributed by atoms with van der Waals surface area (Å²) in [6.07, 6.45) is 15.8. The molecule has 0 fully saturated rings. The number of nitrogen functional groups attached to an aromatic ring is 12. The van der Waals surface area contributed by atoms with Crippen LogP contribution in [0.25, 0.3) is 64.6 Å². The number of fused-ring (bicyclic) bond motifs is 6. The molecule has 686 valence electrons. The molecule has 6 heterocycles. The van der Waals surface area contributed by atoms with Crippen molar-refractivity contribution in [2.24, 2.45) is 95.8 Å². The highest BCUT2D eigenvalue weighted by Crippen LogP contribution is 2.40. The quantitative estimate of drug-likeness (QED) is 0.0164. The smallest absolute Gasteiger partial charge is 0.151 e. The van der Waals surface area contributed by atoms with Crippen LogP contribution < -0.4 is 68.8 Å². The van der Waals surface area contributed by atoms with E-state index in [1.165, 1.54) is 0 Å². The normalized spacial score (nSPS) is 11.1. The van der Waals surface area contributed by atoms with Gasteiger partial charge in [0.15, 0.2) is 34.9 Å². The van der Waals surface area contributed by atoms with Crippen molar-refractivity contribution in [2.75, 3.05) is 34.4 Å². The number of hydrogen-bond donors (Lipinski definition) is 18. The Morgan fingerprint density at radius 2 is 0.367 bits per heavy atom. The molecule has 0 saturated heterocycles. The van der Waals surface area contributed by atoms with Crippen molar-refractivity contribution in [3.8, 4) is 12.3 Å². The molecule has 0 spiro atoms. The molecular weight excluding hydrogens is 1740 g/mol. The Morgan fingerprint density at radius 3 is 0.518 bits per heavy atom. The van der Waals surface area contributed by atoms with Gasteiger partial charge in [0.1, 0.15) is 69.1 Å². The Labute approximate surface area is 796 Å². The molecule has 0 aliphatic carbocycles. The molecule has 0 aliphatic heterocycles. The van der Waals surface area contributed by atoms with Crippen molar-refractivity contribution in [2.45, 2.75) is 34.6 Å². The second-order valence-electron chi connectivity index (χ2n) is 31.3. The molecule has 0 amide bonds. The van der Waals surface area contributed by atoms with E-state index in [1.54, 1.807) is 183 Å². The van der Waals surface area contributed by atoms with Gasteiger partial charge in [-0.15, -0.1) is 37.1 Å². The van der Waals surface area contributed by atoms with Crippen molar-refractivity contribution < 1.29 is 0 Å². The zero-order valence-corrected chi connectivity index (χ0v) is 75.8. The number of terminal acetylenes is 1. The maximum atomic E-state index is 7.38. The fourth-order valence-corrected chi connectivity index (χ4v) is 13.5. The van der Waals surface area contributed by atoms with E-state index in [1.807, 2.05) is 144 Å². The fraction of sp³-hybridized carbons (Fsp3) is 0.0485. The maximum absolute atomic E-state index is 7.38. The number of aromatic nitrogens is 6. The van der Waals surface area contributed by atoms with Gasteiger partial charge in [-0.05, 0) is 223 Å². The number of pyridine rings is 6. The van der Waals surface area contributed by atoms with Crippen molar-refractivity contribution >= 4 is 203 Å². The number of nitrogens with two attached hydrogens (primary N) is 12. The summed E-state index contributed by atoms with van der Waals surface area (Å²) in [4.78, 5) is 25.0. The van der Waals surface area contributed by atoms with Gasteiger partial charge in [-0.2, -0.15) is 30.7 Å². The van der Waals surface area contributed by atoms with E-state index in [4.69, 9.17) is 108 Å². The first-order chi connectivity index (χ1) is 66.8. The van der Waals surface area contributed by atoms with Gasteiger partial charge < -0.3 is 68.8 Å². The summed E-state index contributed by atoms with van der Waals surface area (Å²) >= 11 is 0. The third-order valence-electron chi connectivity index (χ3n) is 21.0. The third-order valence-corrected chi connectivity index (χ3v) is 21.0. The third kappa shape index (κ3) is 24.9. The number of nitrogens with zero attached hydrogens (tertiary/aromatic N) is 18. The summed E-state index contributed by atoms with van der Waals surface area (Å²) < 4.78 is 0. The highest BCUT2D eigenvalue weighted by molar-refractivity contribution is 6.04. The lowest BCUT2D eigenvalue weighted by atomic mass is 10.1. The molecule has 0 saturated carbocycles. The molecule has 0 unspecified atom stereocenters. The summed E-state index contributed by atoms with van der Waals surface area (Å²) in [6, 6.07) is 77.3. The summed E-state index contributed by atoms with van der Waals surface area (Å²) in [5, 5.41) is 106. The molecule has 6 aromatic heterocycles. The van der Waals surface area contributed by atoms with Crippen LogP contribution in [0.5, 0.6) is 0 Å². The number of amidine groups is 6. The van der Waals surface area contributed by atoms with E-state index in [2.05, 4.69) is 97.2 Å². The molecule has 36 heteroatoms. The summed E-state index contributed by atoms with van der Waals surface area (Å²) in [6.45, 7) is 10.1. The lowest BCUT2D eigenvalue weighted by Gasteiger charge is -2.05. The van der Waals surface area contributed by atoms with Crippen LogP contribution in [0.15, 0.2) is 353 Å². The van der Waals surface area contributed by atoms with Gasteiger partial charge in [-0.25, -0.2) is 29.9 Å². The Bertz CT molecular complexity index is 7060. The molecule has 0 bridgehead atoms. The maximum Gasteiger partial charge on any atom is 0.151 e. The van der Waals surface area contributed by atoms with Crippen LogP contribution in [0.4, 0.5) is 103 Å². The van der Waals surface area contributed by atoms with E-state index in [0.29, 0.717) is 131 Å². The van der Waals surface area contributed by atoms with E-state index in [0.717, 1.165) is 98.0 Å². The Morgan fingerprint density at radius 1 is 0.216 bits per heavy atom. The predicted octanol–water partition coefficient (Wildman–Crippen LogP) is 22.6. The van der Waals surface area contributed by atoms with Gasteiger partial charge in [0.2, 0.25) is 0 Å². The highest BCUT2D eigenvalue weighted by Gasteiger charge is 2.16. The molecule has 18 aromatic rings. The van der Waals surface area contributed by atoms with E-state index in [-0.39, 0.29) is 40.8 Å². The molecule has 139 heavy (non-hydrogen) atoms. The zero-order chi connectivity index (χ0) is 99.1. The molecule has 0 atom stereocenters. The van der Waals surface area contributed by atoms with Crippen molar-refractivity contribution in [1.29, 1.82) is 32.5 Å². The molecular formula is C103H94N36. The number of azo groups is 6. The Kier molecular flexibility index (Phi) is 30.7. The topological polar surface area (TPSA) is 681 Å². The lowest BCUT2D eigenvalue weighted by Crippen LogP contribution is -2.10. The minimum absolute atomic E-state index is 0.00259. The van der Waals surface area contributed by atoms with E-state index in [9.17, 15) is 0 Å². The molecule has 18 rings (SSSR count). The van der Waals surface area contributed by atoms with Crippen LogP contribution in [-0.2, 0) is 0 Å². The van der Waals surface area contributed by atoms with Gasteiger partial charge in [-0.1, -0.05) is 100 Å². The number of rotatable bonds is 18. The monoisotopic (exact) mass is 1830 g/mol. The largest absolute Gasteiger partial charge is 0.384 e. The number of hydrogen-bond acceptors (Lipinski definition) is 30. The lowest BCUT2D eigenvalue weighted by molar-refractivity contribution is 1.22. The first-order valence-corrected chi connectivity index (χ1v) is 42.4. The number of anilines is 6. The van der Waals surface area contributed by atoms with Crippen LogP contribution in [0, 0.1) is 79.4 Å².